The van der Waals surface area contributed by atoms with Crippen LogP contribution in [0.3, 0.4) is 0 Å². The molecule has 0 aromatic heterocycles. The number of amides is 1. The number of nitrogens with one attached hydrogen (secondary N) is 1. The molecule has 0 aliphatic rings. The van der Waals surface area contributed by atoms with E-state index in [1.165, 1.54) is 154 Å². The van der Waals surface area contributed by atoms with E-state index in [4.69, 9.17) is 4.74 Å². The minimum absolute atomic E-state index is 0.0706. The smallest absolute Gasteiger partial charge is 0.306 e. The number of hydrogen-bond donors (Lipinski definition) is 3. The first-order valence-corrected chi connectivity index (χ1v) is 27.4. The van der Waals surface area contributed by atoms with E-state index in [-0.39, 0.29) is 24.9 Å². The lowest BCUT2D eigenvalue weighted by molar-refractivity contribution is -0.151. The van der Waals surface area contributed by atoms with Crippen LogP contribution in [0.25, 0.3) is 0 Å². The van der Waals surface area contributed by atoms with Gasteiger partial charge in [0.2, 0.25) is 5.91 Å². The normalized spacial score (nSPS) is 13.5. The minimum Gasteiger partial charge on any atom is -0.462 e. The summed E-state index contributed by atoms with van der Waals surface area (Å²) in [6.07, 6.45) is 61.6. The molecule has 0 bridgehead atoms. The molecule has 0 aromatic carbocycles. The Labute approximate surface area is 391 Å². The Bertz CT molecular complexity index is 1080. The fourth-order valence-corrected chi connectivity index (χ4v) is 8.33. The summed E-state index contributed by atoms with van der Waals surface area (Å²) >= 11 is 0. The Hall–Kier alpha value is -2.18. The molecule has 0 saturated heterocycles. The Morgan fingerprint density at radius 1 is 0.460 bits per heavy atom. The number of esters is 1. The van der Waals surface area contributed by atoms with Gasteiger partial charge in [-0.15, -0.1) is 0 Å². The predicted octanol–water partition coefficient (Wildman–Crippen LogP) is 16.6. The van der Waals surface area contributed by atoms with E-state index in [1.54, 1.807) is 0 Å². The summed E-state index contributed by atoms with van der Waals surface area (Å²) in [5.74, 6) is -0.489. The third-order valence-corrected chi connectivity index (χ3v) is 12.5. The molecule has 3 atom stereocenters. The van der Waals surface area contributed by atoms with Crippen LogP contribution in [0.4, 0.5) is 0 Å². The molecule has 0 aliphatic carbocycles. The zero-order chi connectivity index (χ0) is 45.9. The molecule has 1 amide bonds. The number of carbonyl (C=O) groups is 2. The van der Waals surface area contributed by atoms with Crippen LogP contribution in [-0.4, -0.2) is 46.9 Å². The van der Waals surface area contributed by atoms with Gasteiger partial charge in [-0.1, -0.05) is 262 Å². The summed E-state index contributed by atoms with van der Waals surface area (Å²) in [6.45, 7) is 6.45. The molecule has 0 aliphatic heterocycles. The van der Waals surface area contributed by atoms with Gasteiger partial charge in [-0.2, -0.15) is 0 Å². The van der Waals surface area contributed by atoms with E-state index < -0.39 is 18.2 Å². The van der Waals surface area contributed by atoms with Crippen molar-refractivity contribution in [2.24, 2.45) is 0 Å². The van der Waals surface area contributed by atoms with Crippen LogP contribution in [0.15, 0.2) is 48.6 Å². The SMILES string of the molecule is CCCCC/C=C/C=C/C=C/C=C/CCCCCCCC(=O)OC(CCCCCCCCCCCCCCCCC)CC(=O)NC(CO)C(O)CCCCCCCCCCCCC. The van der Waals surface area contributed by atoms with Crippen LogP contribution in [0, 0.1) is 0 Å². The van der Waals surface area contributed by atoms with Gasteiger partial charge in [0.1, 0.15) is 6.10 Å². The average molecular weight is 884 g/mol. The Morgan fingerprint density at radius 2 is 0.810 bits per heavy atom. The zero-order valence-corrected chi connectivity index (χ0v) is 42.0. The van der Waals surface area contributed by atoms with E-state index in [0.29, 0.717) is 19.3 Å². The summed E-state index contributed by atoms with van der Waals surface area (Å²) in [7, 11) is 0. The lowest BCUT2D eigenvalue weighted by Gasteiger charge is -2.24. The van der Waals surface area contributed by atoms with Crippen molar-refractivity contribution in [1.82, 2.24) is 5.32 Å². The largest absolute Gasteiger partial charge is 0.462 e. The molecular weight excluding hydrogens is 779 g/mol. The fourth-order valence-electron chi connectivity index (χ4n) is 8.33. The van der Waals surface area contributed by atoms with Crippen molar-refractivity contribution >= 4 is 11.9 Å². The third kappa shape index (κ3) is 46.2. The van der Waals surface area contributed by atoms with Crippen molar-refractivity contribution in [2.45, 2.75) is 296 Å². The van der Waals surface area contributed by atoms with Crippen molar-refractivity contribution in [3.8, 4) is 0 Å². The van der Waals surface area contributed by atoms with Gasteiger partial charge >= 0.3 is 5.97 Å². The number of aliphatic hydroxyl groups excluding tert-OH is 2. The van der Waals surface area contributed by atoms with Crippen molar-refractivity contribution in [3.05, 3.63) is 48.6 Å². The van der Waals surface area contributed by atoms with E-state index >= 15 is 0 Å². The molecule has 0 saturated carbocycles. The molecule has 0 rings (SSSR count). The minimum atomic E-state index is -0.790. The van der Waals surface area contributed by atoms with Crippen LogP contribution in [0.5, 0.6) is 0 Å². The first-order chi connectivity index (χ1) is 31.0. The summed E-state index contributed by atoms with van der Waals surface area (Å²) in [5.41, 5.74) is 0. The van der Waals surface area contributed by atoms with Gasteiger partial charge in [0, 0.05) is 6.42 Å². The predicted molar refractivity (Wildman–Crippen MR) is 273 cm³/mol. The summed E-state index contributed by atoms with van der Waals surface area (Å²) < 4.78 is 5.94. The van der Waals surface area contributed by atoms with Gasteiger partial charge in [0.25, 0.3) is 0 Å². The van der Waals surface area contributed by atoms with Crippen LogP contribution >= 0.6 is 0 Å². The zero-order valence-electron chi connectivity index (χ0n) is 42.0. The quantitative estimate of drug-likeness (QED) is 0.0321. The third-order valence-electron chi connectivity index (χ3n) is 12.5. The number of ether oxygens (including phenoxy) is 1. The number of carbonyl (C=O) groups excluding carboxylic acids is 2. The van der Waals surface area contributed by atoms with Crippen LogP contribution in [-0.2, 0) is 14.3 Å². The molecule has 368 valence electrons. The molecule has 6 nitrogen and oxygen atoms in total. The maximum Gasteiger partial charge on any atom is 0.306 e. The summed E-state index contributed by atoms with van der Waals surface area (Å²) in [4.78, 5) is 26.2. The second-order valence-electron chi connectivity index (χ2n) is 18.7. The molecule has 0 aromatic rings. The molecule has 3 unspecified atom stereocenters. The molecule has 0 fully saturated rings. The van der Waals surface area contributed by atoms with Crippen molar-refractivity contribution in [1.29, 1.82) is 0 Å². The highest BCUT2D eigenvalue weighted by molar-refractivity contribution is 5.77. The van der Waals surface area contributed by atoms with Crippen molar-refractivity contribution in [2.75, 3.05) is 6.61 Å². The van der Waals surface area contributed by atoms with Crippen molar-refractivity contribution < 1.29 is 24.5 Å². The lowest BCUT2D eigenvalue weighted by atomic mass is 10.0. The van der Waals surface area contributed by atoms with E-state index in [2.05, 4.69) is 74.7 Å². The highest BCUT2D eigenvalue weighted by Gasteiger charge is 2.24. The van der Waals surface area contributed by atoms with E-state index in [1.807, 2.05) is 0 Å². The molecule has 6 heteroatoms. The van der Waals surface area contributed by atoms with Crippen LogP contribution in [0.2, 0.25) is 0 Å². The van der Waals surface area contributed by atoms with Crippen LogP contribution < -0.4 is 5.32 Å². The Morgan fingerprint density at radius 3 is 1.25 bits per heavy atom. The monoisotopic (exact) mass is 884 g/mol. The topological polar surface area (TPSA) is 95.9 Å². The second kappa shape index (κ2) is 50.8. The summed E-state index contributed by atoms with van der Waals surface area (Å²) in [6, 6.07) is -0.704. The number of rotatable bonds is 49. The van der Waals surface area contributed by atoms with Gasteiger partial charge < -0.3 is 20.3 Å². The number of allylic oxidation sites excluding steroid dienone is 8. The lowest BCUT2D eigenvalue weighted by Crippen LogP contribution is -2.46. The molecule has 63 heavy (non-hydrogen) atoms. The van der Waals surface area contributed by atoms with Gasteiger partial charge in [-0.05, 0) is 51.4 Å². The number of hydrogen-bond acceptors (Lipinski definition) is 5. The highest BCUT2D eigenvalue weighted by atomic mass is 16.5. The molecule has 0 radical (unpaired) electrons. The van der Waals surface area contributed by atoms with E-state index in [9.17, 15) is 19.8 Å². The van der Waals surface area contributed by atoms with Gasteiger partial charge in [-0.25, -0.2) is 0 Å². The standard InChI is InChI=1S/C57H105NO5/c1-4-7-10-13-16-19-22-24-26-27-28-30-32-35-38-41-44-47-50-57(62)63-53(48-45-42-39-36-34-31-29-25-23-20-17-14-11-8-5-2)51-56(61)58-54(52-59)55(60)49-46-43-40-37-33-21-18-15-12-9-6-3/h16,19,22,24,26-28,30,53-55,59-60H,4-15,17-18,20-21,23,25,29,31-52H2,1-3H3,(H,58,61)/b19-16+,24-22+,27-26+,30-28+. The van der Waals surface area contributed by atoms with Gasteiger partial charge in [0.05, 0.1) is 25.2 Å². The molecule has 0 spiro atoms. The number of unbranched alkanes of at least 4 members (excludes halogenated alkanes) is 32. The molecular formula is C57H105NO5. The highest BCUT2D eigenvalue weighted by Crippen LogP contribution is 2.18. The first kappa shape index (κ1) is 60.8. The number of aliphatic hydroxyl groups is 2. The van der Waals surface area contributed by atoms with Gasteiger partial charge in [0.15, 0.2) is 0 Å². The Balaban J connectivity index is 4.60. The van der Waals surface area contributed by atoms with Crippen molar-refractivity contribution in [3.63, 3.8) is 0 Å². The maximum absolute atomic E-state index is 13.2. The molecule has 3 N–H and O–H groups in total. The second-order valence-corrected chi connectivity index (χ2v) is 18.7. The Kier molecular flexibility index (Phi) is 49.1. The van der Waals surface area contributed by atoms with E-state index in [0.717, 1.165) is 77.0 Å². The first-order valence-electron chi connectivity index (χ1n) is 27.4. The summed E-state index contributed by atoms with van der Waals surface area (Å²) in [5, 5.41) is 23.8. The molecule has 0 heterocycles. The van der Waals surface area contributed by atoms with Crippen LogP contribution in [0.1, 0.15) is 278 Å². The maximum atomic E-state index is 13.2. The fraction of sp³-hybridized carbons (Fsp3) is 0.825. The van der Waals surface area contributed by atoms with Gasteiger partial charge in [-0.3, -0.25) is 9.59 Å². The average Bonchev–Trinajstić information content (AvgIpc) is 3.28.